The van der Waals surface area contributed by atoms with Crippen molar-refractivity contribution in [1.82, 2.24) is 0 Å². The van der Waals surface area contributed by atoms with E-state index in [1.54, 1.807) is 0 Å². The molecule has 0 unspecified atom stereocenters. The number of rotatable bonds is 3. The molecular formula is C13H9F2NO3. The van der Waals surface area contributed by atoms with Crippen molar-refractivity contribution >= 4 is 11.7 Å². The Morgan fingerprint density at radius 1 is 1.05 bits per heavy atom. The molecule has 0 saturated carbocycles. The summed E-state index contributed by atoms with van der Waals surface area (Å²) in [6.45, 7) is 0. The van der Waals surface area contributed by atoms with Crippen LogP contribution in [-0.4, -0.2) is 11.1 Å². The third-order valence-corrected chi connectivity index (χ3v) is 2.33. The lowest BCUT2D eigenvalue weighted by molar-refractivity contribution is 0.0698. The quantitative estimate of drug-likeness (QED) is 0.836. The van der Waals surface area contributed by atoms with E-state index in [4.69, 9.17) is 15.6 Å². The highest BCUT2D eigenvalue weighted by Gasteiger charge is 2.09. The van der Waals surface area contributed by atoms with Crippen LogP contribution in [0.2, 0.25) is 0 Å². The van der Waals surface area contributed by atoms with Gasteiger partial charge in [-0.25, -0.2) is 13.6 Å². The molecule has 0 saturated heterocycles. The highest BCUT2D eigenvalue weighted by atomic mass is 19.1. The summed E-state index contributed by atoms with van der Waals surface area (Å²) in [7, 11) is 0. The van der Waals surface area contributed by atoms with Gasteiger partial charge in [0.1, 0.15) is 23.1 Å². The Hall–Kier alpha value is -2.63. The van der Waals surface area contributed by atoms with Crippen LogP contribution < -0.4 is 10.5 Å². The largest absolute Gasteiger partial charge is 0.478 e. The number of anilines is 1. The van der Waals surface area contributed by atoms with Crippen molar-refractivity contribution in [1.29, 1.82) is 0 Å². The standard InChI is InChI=1S/C13H9F2NO3/c14-7-3-8(15)5-10(4-7)19-9-1-2-11(13(17)18)12(16)6-9/h1-6H,16H2,(H,17,18). The Morgan fingerprint density at radius 3 is 2.21 bits per heavy atom. The van der Waals surface area contributed by atoms with E-state index in [9.17, 15) is 13.6 Å². The van der Waals surface area contributed by atoms with Gasteiger partial charge in [0, 0.05) is 30.0 Å². The molecule has 0 aliphatic rings. The van der Waals surface area contributed by atoms with Crippen molar-refractivity contribution in [2.75, 3.05) is 5.73 Å². The average Bonchev–Trinajstić information content (AvgIpc) is 2.26. The summed E-state index contributed by atoms with van der Waals surface area (Å²) in [6, 6.07) is 6.60. The molecule has 0 fully saturated rings. The fourth-order valence-electron chi connectivity index (χ4n) is 1.52. The predicted octanol–water partition coefficient (Wildman–Crippen LogP) is 3.04. The van der Waals surface area contributed by atoms with Crippen LogP contribution in [0.15, 0.2) is 36.4 Å². The van der Waals surface area contributed by atoms with Crippen LogP contribution >= 0.6 is 0 Å². The summed E-state index contributed by atoms with van der Waals surface area (Å²) in [5.74, 6) is -2.57. The molecular weight excluding hydrogens is 256 g/mol. The van der Waals surface area contributed by atoms with Crippen LogP contribution in [0.1, 0.15) is 10.4 Å². The number of carboxylic acid groups (broad SMARTS) is 1. The summed E-state index contributed by atoms with van der Waals surface area (Å²) in [5, 5.41) is 8.80. The van der Waals surface area contributed by atoms with Crippen molar-refractivity contribution in [3.8, 4) is 11.5 Å². The number of ether oxygens (including phenoxy) is 1. The number of nitrogen functional groups attached to an aromatic ring is 1. The van der Waals surface area contributed by atoms with Crippen LogP contribution in [0.4, 0.5) is 14.5 Å². The third-order valence-electron chi connectivity index (χ3n) is 2.33. The lowest BCUT2D eigenvalue weighted by atomic mass is 10.2. The molecule has 6 heteroatoms. The molecule has 0 bridgehead atoms. The van der Waals surface area contributed by atoms with Crippen LogP contribution in [0.3, 0.4) is 0 Å². The van der Waals surface area contributed by atoms with E-state index in [0.29, 0.717) is 0 Å². The number of halogens is 2. The maximum Gasteiger partial charge on any atom is 0.337 e. The molecule has 4 nitrogen and oxygen atoms in total. The topological polar surface area (TPSA) is 72.5 Å². The van der Waals surface area contributed by atoms with Gasteiger partial charge in [-0.3, -0.25) is 0 Å². The van der Waals surface area contributed by atoms with Crippen molar-refractivity contribution in [3.05, 3.63) is 53.6 Å². The average molecular weight is 265 g/mol. The van der Waals surface area contributed by atoms with Crippen LogP contribution in [0, 0.1) is 11.6 Å². The second-order valence-corrected chi connectivity index (χ2v) is 3.76. The molecule has 3 N–H and O–H groups in total. The second kappa shape index (κ2) is 4.93. The maximum atomic E-state index is 13.0. The highest BCUT2D eigenvalue weighted by molar-refractivity contribution is 5.93. The van der Waals surface area contributed by atoms with E-state index in [1.165, 1.54) is 18.2 Å². The number of nitrogens with two attached hydrogens (primary N) is 1. The first-order valence-electron chi connectivity index (χ1n) is 5.22. The van der Waals surface area contributed by atoms with Gasteiger partial charge in [-0.05, 0) is 12.1 Å². The second-order valence-electron chi connectivity index (χ2n) is 3.76. The summed E-state index contributed by atoms with van der Waals surface area (Å²) >= 11 is 0. The number of hydrogen-bond donors (Lipinski definition) is 2. The van der Waals surface area contributed by atoms with Gasteiger partial charge in [-0.2, -0.15) is 0 Å². The van der Waals surface area contributed by atoms with Gasteiger partial charge in [0.2, 0.25) is 0 Å². The molecule has 2 rings (SSSR count). The van der Waals surface area contributed by atoms with Crippen LogP contribution in [-0.2, 0) is 0 Å². The fraction of sp³-hybridized carbons (Fsp3) is 0. The molecule has 0 spiro atoms. The van der Waals surface area contributed by atoms with Crippen LogP contribution in [0.25, 0.3) is 0 Å². The molecule has 98 valence electrons. The van der Waals surface area contributed by atoms with E-state index in [2.05, 4.69) is 0 Å². The molecule has 0 radical (unpaired) electrons. The monoisotopic (exact) mass is 265 g/mol. The number of carbonyl (C=O) groups is 1. The van der Waals surface area contributed by atoms with Crippen molar-refractivity contribution in [2.24, 2.45) is 0 Å². The normalized spacial score (nSPS) is 10.2. The Labute approximate surface area is 107 Å². The first-order chi connectivity index (χ1) is 8.95. The molecule has 2 aromatic carbocycles. The Morgan fingerprint density at radius 2 is 1.68 bits per heavy atom. The van der Waals surface area contributed by atoms with Gasteiger partial charge < -0.3 is 15.6 Å². The Kier molecular flexibility index (Phi) is 3.33. The first kappa shape index (κ1) is 12.8. The molecule has 2 aromatic rings. The van der Waals surface area contributed by atoms with E-state index in [0.717, 1.165) is 18.2 Å². The zero-order chi connectivity index (χ0) is 14.0. The van der Waals surface area contributed by atoms with Crippen molar-refractivity contribution < 1.29 is 23.4 Å². The zero-order valence-electron chi connectivity index (χ0n) is 9.56. The summed E-state index contributed by atoms with van der Waals surface area (Å²) < 4.78 is 31.1. The minimum atomic E-state index is -1.17. The summed E-state index contributed by atoms with van der Waals surface area (Å²) in [4.78, 5) is 10.8. The summed E-state index contributed by atoms with van der Waals surface area (Å²) in [5.41, 5.74) is 5.46. The maximum absolute atomic E-state index is 13.0. The number of carboxylic acids is 1. The van der Waals surface area contributed by atoms with Gasteiger partial charge in [0.25, 0.3) is 0 Å². The lowest BCUT2D eigenvalue weighted by Crippen LogP contribution is -2.02. The van der Waals surface area contributed by atoms with Gasteiger partial charge in [-0.1, -0.05) is 0 Å². The van der Waals surface area contributed by atoms with E-state index < -0.39 is 17.6 Å². The molecule has 0 aliphatic heterocycles. The Bertz CT molecular complexity index is 624. The number of benzene rings is 2. The van der Waals surface area contributed by atoms with E-state index in [-0.39, 0.29) is 22.7 Å². The smallest absolute Gasteiger partial charge is 0.337 e. The van der Waals surface area contributed by atoms with Crippen molar-refractivity contribution in [2.45, 2.75) is 0 Å². The zero-order valence-corrected chi connectivity index (χ0v) is 9.56. The van der Waals surface area contributed by atoms with Crippen molar-refractivity contribution in [3.63, 3.8) is 0 Å². The Balaban J connectivity index is 2.28. The molecule has 0 heterocycles. The first-order valence-corrected chi connectivity index (χ1v) is 5.22. The molecule has 19 heavy (non-hydrogen) atoms. The SMILES string of the molecule is Nc1cc(Oc2cc(F)cc(F)c2)ccc1C(=O)O. The number of hydrogen-bond acceptors (Lipinski definition) is 3. The molecule has 0 atom stereocenters. The summed E-state index contributed by atoms with van der Waals surface area (Å²) in [6.07, 6.45) is 0. The van der Waals surface area contributed by atoms with Crippen LogP contribution in [0.5, 0.6) is 11.5 Å². The minimum Gasteiger partial charge on any atom is -0.478 e. The highest BCUT2D eigenvalue weighted by Crippen LogP contribution is 2.26. The van der Waals surface area contributed by atoms with Gasteiger partial charge in [0.15, 0.2) is 0 Å². The number of aromatic carboxylic acids is 1. The van der Waals surface area contributed by atoms with Gasteiger partial charge in [0.05, 0.1) is 5.56 Å². The van der Waals surface area contributed by atoms with Gasteiger partial charge >= 0.3 is 5.97 Å². The lowest BCUT2D eigenvalue weighted by Gasteiger charge is -2.08. The fourth-order valence-corrected chi connectivity index (χ4v) is 1.52. The molecule has 0 aliphatic carbocycles. The molecule has 0 amide bonds. The van der Waals surface area contributed by atoms with E-state index >= 15 is 0 Å². The third kappa shape index (κ3) is 2.98. The molecule has 0 aromatic heterocycles. The van der Waals surface area contributed by atoms with Gasteiger partial charge in [-0.15, -0.1) is 0 Å². The van der Waals surface area contributed by atoms with E-state index in [1.807, 2.05) is 0 Å². The minimum absolute atomic E-state index is 0.00174. The predicted molar refractivity (Wildman–Crippen MR) is 64.2 cm³/mol.